The van der Waals surface area contributed by atoms with Crippen LogP contribution in [0.2, 0.25) is 0 Å². The maximum absolute atomic E-state index is 13.1. The van der Waals surface area contributed by atoms with Crippen LogP contribution in [0, 0.1) is 6.92 Å². The van der Waals surface area contributed by atoms with Crippen LogP contribution in [0.1, 0.15) is 66.3 Å². The van der Waals surface area contributed by atoms with E-state index in [2.05, 4.69) is 45.9 Å². The van der Waals surface area contributed by atoms with Gasteiger partial charge < -0.3 is 14.1 Å². The third-order valence-electron chi connectivity index (χ3n) is 6.14. The molecule has 1 atom stereocenters. The molecule has 3 rings (SSSR count). The average Bonchev–Trinajstić information content (AvgIpc) is 3.22. The molecule has 0 radical (unpaired) electrons. The summed E-state index contributed by atoms with van der Waals surface area (Å²) in [7, 11) is 3.49. The molecule has 170 valence electrons. The van der Waals surface area contributed by atoms with Crippen molar-refractivity contribution in [1.29, 1.82) is 0 Å². The number of likely N-dealkylation sites (N-methyl/N-ethyl adjacent to an activating group) is 1. The highest BCUT2D eigenvalue weighted by Crippen LogP contribution is 2.26. The maximum Gasteiger partial charge on any atom is 0.289 e. The van der Waals surface area contributed by atoms with Crippen LogP contribution in [0.15, 0.2) is 59.0 Å². The zero-order valence-electron chi connectivity index (χ0n) is 20.4. The molecule has 0 aliphatic rings. The Balaban J connectivity index is 1.71. The lowest BCUT2D eigenvalue weighted by Gasteiger charge is -2.24. The minimum Gasteiger partial charge on any atom is -0.496 e. The van der Waals surface area contributed by atoms with E-state index < -0.39 is 0 Å². The van der Waals surface area contributed by atoms with Crippen LogP contribution >= 0.6 is 0 Å². The zero-order valence-corrected chi connectivity index (χ0v) is 20.4. The first-order valence-corrected chi connectivity index (χ1v) is 11.2. The lowest BCUT2D eigenvalue weighted by atomic mass is 9.85. The lowest BCUT2D eigenvalue weighted by molar-refractivity contribution is 0.0709. The second kappa shape index (κ2) is 9.64. The van der Waals surface area contributed by atoms with Gasteiger partial charge in [0.2, 0.25) is 0 Å². The summed E-state index contributed by atoms with van der Waals surface area (Å²) in [5.41, 5.74) is 4.92. The summed E-state index contributed by atoms with van der Waals surface area (Å²) in [4.78, 5) is 14.8. The summed E-state index contributed by atoms with van der Waals surface area (Å²) in [5.74, 6) is 1.90. The fraction of sp³-hybridized carbons (Fsp3) is 0.393. The number of ether oxygens (including phenoxy) is 1. The molecule has 1 aromatic heterocycles. The van der Waals surface area contributed by atoms with Crippen molar-refractivity contribution in [2.24, 2.45) is 0 Å². The SMILES string of the molecule is COc1ccccc1CC(C)N(C)C(=O)c1ccc(Cc2cc(C(C)(C)C)ccc2C)o1. The second-order valence-corrected chi connectivity index (χ2v) is 9.62. The first-order valence-electron chi connectivity index (χ1n) is 11.2. The molecule has 0 aliphatic carbocycles. The van der Waals surface area contributed by atoms with E-state index in [1.807, 2.05) is 44.3 Å². The predicted octanol–water partition coefficient (Wildman–Crippen LogP) is 6.19. The van der Waals surface area contributed by atoms with E-state index in [4.69, 9.17) is 9.15 Å². The van der Waals surface area contributed by atoms with E-state index >= 15 is 0 Å². The first-order chi connectivity index (χ1) is 15.1. The molecule has 1 amide bonds. The van der Waals surface area contributed by atoms with Gasteiger partial charge in [-0.1, -0.05) is 57.2 Å². The molecule has 0 saturated carbocycles. The van der Waals surface area contributed by atoms with Crippen molar-refractivity contribution in [3.05, 3.63) is 88.4 Å². The number of para-hydroxylation sites is 1. The molecular weight excluding hydrogens is 398 g/mol. The van der Waals surface area contributed by atoms with Gasteiger partial charge >= 0.3 is 0 Å². The molecule has 0 bridgehead atoms. The molecule has 0 fully saturated rings. The number of carbonyl (C=O) groups excluding carboxylic acids is 1. The van der Waals surface area contributed by atoms with Gasteiger partial charge in [0.25, 0.3) is 5.91 Å². The summed E-state index contributed by atoms with van der Waals surface area (Å²) in [5, 5.41) is 0. The smallest absolute Gasteiger partial charge is 0.289 e. The average molecular weight is 434 g/mol. The van der Waals surface area contributed by atoms with E-state index in [1.54, 1.807) is 18.1 Å². The number of methoxy groups -OCH3 is 1. The largest absolute Gasteiger partial charge is 0.496 e. The van der Waals surface area contributed by atoms with Gasteiger partial charge in [-0.2, -0.15) is 0 Å². The first kappa shape index (κ1) is 23.6. The van der Waals surface area contributed by atoms with Gasteiger partial charge in [-0.25, -0.2) is 0 Å². The highest BCUT2D eigenvalue weighted by molar-refractivity contribution is 5.91. The molecule has 4 nitrogen and oxygen atoms in total. The van der Waals surface area contributed by atoms with Crippen molar-refractivity contribution in [3.8, 4) is 5.75 Å². The van der Waals surface area contributed by atoms with Gasteiger partial charge in [-0.05, 0) is 66.1 Å². The summed E-state index contributed by atoms with van der Waals surface area (Å²) in [6.45, 7) is 10.8. The number of rotatable bonds is 7. The molecule has 32 heavy (non-hydrogen) atoms. The van der Waals surface area contributed by atoms with E-state index in [0.717, 1.165) is 17.1 Å². The Bertz CT molecular complexity index is 1070. The van der Waals surface area contributed by atoms with Crippen LogP contribution in [-0.2, 0) is 18.3 Å². The van der Waals surface area contributed by atoms with Gasteiger partial charge in [0.1, 0.15) is 11.5 Å². The number of benzene rings is 2. The molecule has 0 aliphatic heterocycles. The Kier molecular flexibility index (Phi) is 7.12. The standard InChI is InChI=1S/C28H35NO3/c1-19-12-13-23(28(3,4)5)17-22(19)18-24-14-15-26(32-24)27(30)29(6)20(2)16-21-10-8-9-11-25(21)31-7/h8-15,17,20H,16,18H2,1-7H3. The molecule has 0 spiro atoms. The van der Waals surface area contributed by atoms with Crippen LogP contribution in [0.4, 0.5) is 0 Å². The number of aryl methyl sites for hydroxylation is 1. The van der Waals surface area contributed by atoms with Gasteiger partial charge in [0, 0.05) is 19.5 Å². The van der Waals surface area contributed by atoms with E-state index in [1.165, 1.54) is 16.7 Å². The van der Waals surface area contributed by atoms with E-state index in [-0.39, 0.29) is 17.4 Å². The van der Waals surface area contributed by atoms with E-state index in [9.17, 15) is 4.79 Å². The third-order valence-corrected chi connectivity index (χ3v) is 6.14. The van der Waals surface area contributed by atoms with Crippen molar-refractivity contribution in [1.82, 2.24) is 4.90 Å². The summed E-state index contributed by atoms with van der Waals surface area (Å²) >= 11 is 0. The minimum atomic E-state index is -0.112. The van der Waals surface area contributed by atoms with Gasteiger partial charge in [0.15, 0.2) is 5.76 Å². The summed E-state index contributed by atoms with van der Waals surface area (Å²) in [6.07, 6.45) is 1.38. The molecule has 1 unspecified atom stereocenters. The number of hydrogen-bond acceptors (Lipinski definition) is 3. The fourth-order valence-electron chi connectivity index (χ4n) is 3.80. The Labute approximate surface area is 192 Å². The number of carbonyl (C=O) groups is 1. The summed E-state index contributed by atoms with van der Waals surface area (Å²) < 4.78 is 11.4. The quantitative estimate of drug-likeness (QED) is 0.446. The molecule has 0 saturated heterocycles. The van der Waals surface area contributed by atoms with Gasteiger partial charge in [0.05, 0.1) is 7.11 Å². The number of amides is 1. The fourth-order valence-corrected chi connectivity index (χ4v) is 3.80. The lowest BCUT2D eigenvalue weighted by Crippen LogP contribution is -2.36. The zero-order chi connectivity index (χ0) is 23.5. The predicted molar refractivity (Wildman–Crippen MR) is 130 cm³/mol. The Morgan fingerprint density at radius 3 is 2.47 bits per heavy atom. The van der Waals surface area contributed by atoms with Crippen LogP contribution in [0.25, 0.3) is 0 Å². The highest BCUT2D eigenvalue weighted by atomic mass is 16.5. The molecule has 4 heteroatoms. The van der Waals surface area contributed by atoms with Gasteiger partial charge in [-0.15, -0.1) is 0 Å². The van der Waals surface area contributed by atoms with Crippen molar-refractivity contribution >= 4 is 5.91 Å². The molecule has 0 N–H and O–H groups in total. The van der Waals surface area contributed by atoms with Crippen molar-refractivity contribution in [3.63, 3.8) is 0 Å². The number of nitrogens with zero attached hydrogens (tertiary/aromatic N) is 1. The molecule has 1 heterocycles. The maximum atomic E-state index is 13.1. The van der Waals surface area contributed by atoms with Crippen LogP contribution in [0.5, 0.6) is 5.75 Å². The highest BCUT2D eigenvalue weighted by Gasteiger charge is 2.22. The molecular formula is C28H35NO3. The van der Waals surface area contributed by atoms with Crippen LogP contribution in [0.3, 0.4) is 0 Å². The Morgan fingerprint density at radius 1 is 1.06 bits per heavy atom. The van der Waals surface area contributed by atoms with Crippen LogP contribution < -0.4 is 4.74 Å². The normalized spacial score (nSPS) is 12.5. The topological polar surface area (TPSA) is 42.7 Å². The number of hydrogen-bond donors (Lipinski definition) is 0. The molecule has 3 aromatic rings. The monoisotopic (exact) mass is 433 g/mol. The second-order valence-electron chi connectivity index (χ2n) is 9.62. The van der Waals surface area contributed by atoms with E-state index in [0.29, 0.717) is 18.6 Å². The summed E-state index contributed by atoms with van der Waals surface area (Å²) in [6, 6.07) is 18.2. The number of furan rings is 1. The molecule has 2 aromatic carbocycles. The Morgan fingerprint density at radius 2 is 1.78 bits per heavy atom. The van der Waals surface area contributed by atoms with Gasteiger partial charge in [-0.3, -0.25) is 4.79 Å². The minimum absolute atomic E-state index is 0.00179. The Hall–Kier alpha value is -3.01. The van der Waals surface area contributed by atoms with Crippen molar-refractivity contribution in [2.75, 3.05) is 14.2 Å². The van der Waals surface area contributed by atoms with Crippen LogP contribution in [-0.4, -0.2) is 31.0 Å². The van der Waals surface area contributed by atoms with Crippen molar-refractivity contribution in [2.45, 2.75) is 58.9 Å². The third kappa shape index (κ3) is 5.42. The van der Waals surface area contributed by atoms with Crippen molar-refractivity contribution < 1.29 is 13.9 Å².